The molecule has 0 spiro atoms. The van der Waals surface area contributed by atoms with Crippen LogP contribution in [0.25, 0.3) is 0 Å². The maximum Gasteiger partial charge on any atom is 0.168 e. The minimum absolute atomic E-state index is 0.978. The fourth-order valence-corrected chi connectivity index (χ4v) is 1.93. The Bertz CT molecular complexity index is 195. The van der Waals surface area contributed by atoms with Gasteiger partial charge in [-0.05, 0) is 6.92 Å². The monoisotopic (exact) mass is 140 g/mol. The molecule has 0 aromatic carbocycles. The molecule has 0 saturated carbocycles. The number of allylic oxidation sites excluding steroid dienone is 1. The fourth-order valence-electron chi connectivity index (χ4n) is 1.04. The average molecular weight is 140 g/mol. The molecular weight excluding hydrogens is 132 g/mol. The molecule has 0 aromatic heterocycles. The quantitative estimate of drug-likeness (QED) is 0.503. The van der Waals surface area contributed by atoms with E-state index in [0.717, 1.165) is 13.1 Å². The van der Waals surface area contributed by atoms with Gasteiger partial charge in [-0.25, -0.2) is 0 Å². The number of hydrogen-bond donors (Lipinski definition) is 0. The van der Waals surface area contributed by atoms with Crippen molar-refractivity contribution in [2.45, 2.75) is 6.92 Å². The van der Waals surface area contributed by atoms with Crippen molar-refractivity contribution in [3.8, 4) is 0 Å². The maximum absolute atomic E-state index is 4.30. The van der Waals surface area contributed by atoms with Crippen LogP contribution in [0.3, 0.4) is 0 Å². The molecule has 2 aliphatic rings. The lowest BCUT2D eigenvalue weighted by atomic mass is 10.6. The molecule has 0 unspecified atom stereocenters. The molecule has 9 heavy (non-hydrogen) atoms. The Morgan fingerprint density at radius 2 is 2.67 bits per heavy atom. The van der Waals surface area contributed by atoms with Gasteiger partial charge in [0, 0.05) is 17.6 Å². The van der Waals surface area contributed by atoms with E-state index in [1.54, 1.807) is 11.8 Å². The second kappa shape index (κ2) is 1.77. The third-order valence-electron chi connectivity index (χ3n) is 1.42. The molecule has 0 saturated heterocycles. The van der Waals surface area contributed by atoms with E-state index in [0.29, 0.717) is 0 Å². The number of thioether (sulfide) groups is 1. The largest absolute Gasteiger partial charge is 0.325 e. The minimum Gasteiger partial charge on any atom is -0.325 e. The summed E-state index contributed by atoms with van der Waals surface area (Å²) in [7, 11) is 0. The van der Waals surface area contributed by atoms with Crippen LogP contribution in [0.15, 0.2) is 16.1 Å². The van der Waals surface area contributed by atoms with Crippen LogP contribution in [0.5, 0.6) is 0 Å². The first-order chi connectivity index (χ1) is 4.36. The Kier molecular flexibility index (Phi) is 1.05. The fraction of sp³-hybridized carbons (Fsp3) is 0.500. The van der Waals surface area contributed by atoms with Crippen LogP contribution in [0.2, 0.25) is 0 Å². The molecule has 0 atom stereocenters. The first-order valence-corrected chi connectivity index (χ1v) is 3.85. The van der Waals surface area contributed by atoms with E-state index in [1.807, 2.05) is 0 Å². The van der Waals surface area contributed by atoms with Crippen LogP contribution >= 0.6 is 11.8 Å². The lowest BCUT2D eigenvalue weighted by Crippen LogP contribution is -2.14. The van der Waals surface area contributed by atoms with Crippen molar-refractivity contribution in [2.75, 3.05) is 13.1 Å². The van der Waals surface area contributed by atoms with Gasteiger partial charge >= 0.3 is 0 Å². The van der Waals surface area contributed by atoms with E-state index in [1.165, 1.54) is 10.1 Å². The molecule has 48 valence electrons. The van der Waals surface area contributed by atoms with Gasteiger partial charge in [-0.2, -0.15) is 0 Å². The van der Waals surface area contributed by atoms with Gasteiger partial charge in [0.2, 0.25) is 0 Å². The average Bonchev–Trinajstić information content (AvgIpc) is 2.22. The van der Waals surface area contributed by atoms with Gasteiger partial charge in [0.25, 0.3) is 0 Å². The highest BCUT2D eigenvalue weighted by atomic mass is 32.2. The highest BCUT2D eigenvalue weighted by molar-refractivity contribution is 8.17. The molecule has 3 heteroatoms. The van der Waals surface area contributed by atoms with Crippen molar-refractivity contribution >= 4 is 16.9 Å². The normalized spacial score (nSPS) is 23.9. The van der Waals surface area contributed by atoms with Gasteiger partial charge in [0.15, 0.2) is 5.17 Å². The SMILES string of the molecule is CC1=CN2CCN=C2S1. The minimum atomic E-state index is 0.978. The zero-order valence-corrected chi connectivity index (χ0v) is 6.11. The van der Waals surface area contributed by atoms with Crippen LogP contribution < -0.4 is 0 Å². The summed E-state index contributed by atoms with van der Waals surface area (Å²) in [5.74, 6) is 0. The zero-order valence-electron chi connectivity index (χ0n) is 5.29. The van der Waals surface area contributed by atoms with E-state index >= 15 is 0 Å². The van der Waals surface area contributed by atoms with E-state index in [4.69, 9.17) is 0 Å². The summed E-state index contributed by atoms with van der Waals surface area (Å²) in [5.41, 5.74) is 0. The Morgan fingerprint density at radius 3 is 3.44 bits per heavy atom. The van der Waals surface area contributed by atoms with Gasteiger partial charge in [-0.15, -0.1) is 0 Å². The first kappa shape index (κ1) is 5.35. The van der Waals surface area contributed by atoms with Crippen molar-refractivity contribution in [2.24, 2.45) is 4.99 Å². The summed E-state index contributed by atoms with van der Waals surface area (Å²) in [4.78, 5) is 7.86. The van der Waals surface area contributed by atoms with Crippen LogP contribution in [-0.2, 0) is 0 Å². The number of aliphatic imine (C=N–C) groups is 1. The van der Waals surface area contributed by atoms with Crippen molar-refractivity contribution in [3.63, 3.8) is 0 Å². The van der Waals surface area contributed by atoms with Crippen molar-refractivity contribution in [1.82, 2.24) is 4.90 Å². The molecule has 2 nitrogen and oxygen atoms in total. The number of hydrogen-bond acceptors (Lipinski definition) is 3. The summed E-state index contributed by atoms with van der Waals surface area (Å²) in [6, 6.07) is 0. The van der Waals surface area contributed by atoms with Crippen LogP contribution in [0, 0.1) is 0 Å². The molecule has 2 heterocycles. The number of rotatable bonds is 0. The lowest BCUT2D eigenvalue weighted by molar-refractivity contribution is 0.622. The summed E-state index contributed by atoms with van der Waals surface area (Å²) in [6.07, 6.45) is 2.16. The summed E-state index contributed by atoms with van der Waals surface area (Å²) >= 11 is 1.77. The molecular formula is C6H8N2S. The van der Waals surface area contributed by atoms with Gasteiger partial charge in [-0.1, -0.05) is 11.8 Å². The number of nitrogens with zero attached hydrogens (tertiary/aromatic N) is 2. The van der Waals surface area contributed by atoms with Crippen molar-refractivity contribution in [1.29, 1.82) is 0 Å². The van der Waals surface area contributed by atoms with Gasteiger partial charge in [0.05, 0.1) is 6.54 Å². The van der Waals surface area contributed by atoms with Crippen LogP contribution in [0.4, 0.5) is 0 Å². The van der Waals surface area contributed by atoms with E-state index in [2.05, 4.69) is 23.0 Å². The number of amidine groups is 1. The molecule has 0 fully saturated rings. The summed E-state index contributed by atoms with van der Waals surface area (Å²) in [6.45, 7) is 4.18. The second-order valence-electron chi connectivity index (χ2n) is 2.20. The topological polar surface area (TPSA) is 15.6 Å². The molecule has 0 N–H and O–H groups in total. The first-order valence-electron chi connectivity index (χ1n) is 3.03. The van der Waals surface area contributed by atoms with Crippen LogP contribution in [0.1, 0.15) is 6.92 Å². The van der Waals surface area contributed by atoms with Crippen molar-refractivity contribution < 1.29 is 0 Å². The molecule has 0 amide bonds. The molecule has 2 aliphatic heterocycles. The van der Waals surface area contributed by atoms with Crippen molar-refractivity contribution in [3.05, 3.63) is 11.1 Å². The standard InChI is InChI=1S/C6H8N2S/c1-5-4-8-3-2-7-6(8)9-5/h4H,2-3H2,1H3. The zero-order chi connectivity index (χ0) is 6.27. The predicted octanol–water partition coefficient (Wildman–Crippen LogP) is 1.27. The molecule has 2 rings (SSSR count). The Balaban J connectivity index is 2.26. The van der Waals surface area contributed by atoms with E-state index in [-0.39, 0.29) is 0 Å². The highest BCUT2D eigenvalue weighted by Crippen LogP contribution is 2.29. The summed E-state index contributed by atoms with van der Waals surface area (Å²) < 4.78 is 0. The Hall–Kier alpha value is -0.440. The maximum atomic E-state index is 4.30. The molecule has 0 aromatic rings. The number of fused-ring (bicyclic) bond motifs is 1. The third-order valence-corrected chi connectivity index (χ3v) is 2.40. The molecule has 0 aliphatic carbocycles. The summed E-state index contributed by atoms with van der Waals surface area (Å²) in [5, 5.41) is 1.19. The smallest absolute Gasteiger partial charge is 0.168 e. The van der Waals surface area contributed by atoms with Gasteiger partial charge in [0.1, 0.15) is 0 Å². The van der Waals surface area contributed by atoms with Gasteiger partial charge in [-0.3, -0.25) is 4.99 Å². The predicted molar refractivity (Wildman–Crippen MR) is 40.4 cm³/mol. The van der Waals surface area contributed by atoms with E-state index < -0.39 is 0 Å². The van der Waals surface area contributed by atoms with Crippen LogP contribution in [-0.4, -0.2) is 23.2 Å². The highest BCUT2D eigenvalue weighted by Gasteiger charge is 2.21. The third kappa shape index (κ3) is 0.758. The van der Waals surface area contributed by atoms with Gasteiger partial charge < -0.3 is 4.90 Å². The lowest BCUT2D eigenvalue weighted by Gasteiger charge is -2.04. The van der Waals surface area contributed by atoms with E-state index in [9.17, 15) is 0 Å². The Labute approximate surface area is 58.6 Å². The second-order valence-corrected chi connectivity index (χ2v) is 3.41. The molecule has 0 radical (unpaired) electrons. The molecule has 0 bridgehead atoms. The Morgan fingerprint density at radius 1 is 1.78 bits per heavy atom.